The van der Waals surface area contributed by atoms with Gasteiger partial charge in [-0.1, -0.05) is 0 Å². The molecule has 116 valence electrons. The molecule has 6 nitrogen and oxygen atoms in total. The Balaban J connectivity index is 1.81. The minimum absolute atomic E-state index is 0.191. The highest BCUT2D eigenvalue weighted by molar-refractivity contribution is 6.04. The maximum atomic E-state index is 12.0. The molecule has 0 spiro atoms. The summed E-state index contributed by atoms with van der Waals surface area (Å²) in [6.45, 7) is 2.11. The number of aliphatic hydroxyl groups excluding tert-OH is 1. The van der Waals surface area contributed by atoms with Gasteiger partial charge in [-0.25, -0.2) is 0 Å². The average Bonchev–Trinajstić information content (AvgIpc) is 2.85. The predicted octanol–water partition coefficient (Wildman–Crippen LogP) is 0.376. The van der Waals surface area contributed by atoms with Crippen LogP contribution >= 0.6 is 0 Å². The molecule has 1 aromatic rings. The Morgan fingerprint density at radius 3 is 2.95 bits per heavy atom. The smallest absolute Gasteiger partial charge is 0.274 e. The summed E-state index contributed by atoms with van der Waals surface area (Å²) in [7, 11) is 1.77. The topological polar surface area (TPSA) is 74.6 Å². The number of hydrogen-bond acceptors (Lipinski definition) is 4. The van der Waals surface area contributed by atoms with Gasteiger partial charge in [0.2, 0.25) is 5.91 Å². The summed E-state index contributed by atoms with van der Waals surface area (Å²) in [5.41, 5.74) is 0.472. The zero-order valence-electron chi connectivity index (χ0n) is 12.4. The highest BCUT2D eigenvalue weighted by atomic mass is 16.3. The summed E-state index contributed by atoms with van der Waals surface area (Å²) in [6.07, 6.45) is 4.68. The molecule has 2 amide bonds. The first-order chi connectivity index (χ1) is 10.1. The fourth-order valence-electron chi connectivity index (χ4n) is 2.84. The van der Waals surface area contributed by atoms with Gasteiger partial charge in [0.15, 0.2) is 0 Å². The van der Waals surface area contributed by atoms with Crippen molar-refractivity contribution in [2.75, 3.05) is 26.2 Å². The average molecular weight is 293 g/mol. The standard InChI is InChI=1S/C15H23N3O3/c1-17-7-3-5-13(17)15(21)16-14(20)11-18-8-2-4-12(10-18)6-9-19/h3,5,7,12,19H,2,4,6,8-11H2,1H3,(H,16,20,21). The Labute approximate surface area is 124 Å². The molecular weight excluding hydrogens is 270 g/mol. The zero-order chi connectivity index (χ0) is 15.2. The van der Waals surface area contributed by atoms with Gasteiger partial charge in [0.1, 0.15) is 5.69 Å². The lowest BCUT2D eigenvalue weighted by molar-refractivity contribution is -0.121. The lowest BCUT2D eigenvalue weighted by atomic mass is 9.95. The van der Waals surface area contributed by atoms with Crippen LogP contribution in [0.5, 0.6) is 0 Å². The van der Waals surface area contributed by atoms with Crippen LogP contribution in [0.15, 0.2) is 18.3 Å². The molecule has 1 saturated heterocycles. The van der Waals surface area contributed by atoms with E-state index < -0.39 is 0 Å². The molecule has 2 heterocycles. The minimum Gasteiger partial charge on any atom is -0.396 e. The molecule has 6 heteroatoms. The largest absolute Gasteiger partial charge is 0.396 e. The van der Waals surface area contributed by atoms with Crippen molar-refractivity contribution in [3.05, 3.63) is 24.0 Å². The Hall–Kier alpha value is -1.66. The van der Waals surface area contributed by atoms with E-state index in [2.05, 4.69) is 10.2 Å². The number of amides is 2. The molecule has 1 aliphatic rings. The molecule has 0 aromatic carbocycles. The van der Waals surface area contributed by atoms with E-state index in [1.165, 1.54) is 0 Å². The van der Waals surface area contributed by atoms with Crippen molar-refractivity contribution in [3.8, 4) is 0 Å². The summed E-state index contributed by atoms with van der Waals surface area (Å²) in [5.74, 6) is -0.192. The van der Waals surface area contributed by atoms with Crippen molar-refractivity contribution in [3.63, 3.8) is 0 Å². The van der Waals surface area contributed by atoms with Crippen LogP contribution in [-0.2, 0) is 11.8 Å². The van der Waals surface area contributed by atoms with E-state index >= 15 is 0 Å². The number of carbonyl (C=O) groups is 2. The van der Waals surface area contributed by atoms with Crippen LogP contribution in [-0.4, -0.2) is 52.6 Å². The Kier molecular flexibility index (Phi) is 5.52. The number of carbonyl (C=O) groups excluding carboxylic acids is 2. The highest BCUT2D eigenvalue weighted by Gasteiger charge is 2.22. The quantitative estimate of drug-likeness (QED) is 0.823. The molecule has 1 aromatic heterocycles. The van der Waals surface area contributed by atoms with Crippen molar-refractivity contribution in [1.82, 2.24) is 14.8 Å². The molecule has 1 unspecified atom stereocenters. The molecule has 1 fully saturated rings. The van der Waals surface area contributed by atoms with E-state index in [9.17, 15) is 9.59 Å². The number of likely N-dealkylation sites (tertiary alicyclic amines) is 1. The fourth-order valence-corrected chi connectivity index (χ4v) is 2.84. The van der Waals surface area contributed by atoms with Gasteiger partial charge in [-0.15, -0.1) is 0 Å². The van der Waals surface area contributed by atoms with Gasteiger partial charge in [0.05, 0.1) is 6.54 Å². The monoisotopic (exact) mass is 293 g/mol. The van der Waals surface area contributed by atoms with Crippen molar-refractivity contribution >= 4 is 11.8 Å². The van der Waals surface area contributed by atoms with Crippen LogP contribution in [0, 0.1) is 5.92 Å². The second kappa shape index (κ2) is 7.38. The Bertz CT molecular complexity index is 496. The maximum absolute atomic E-state index is 12.0. The normalized spacial score (nSPS) is 19.4. The number of rotatable bonds is 5. The molecule has 2 N–H and O–H groups in total. The van der Waals surface area contributed by atoms with E-state index in [4.69, 9.17) is 5.11 Å². The third kappa shape index (κ3) is 4.41. The maximum Gasteiger partial charge on any atom is 0.274 e. The summed E-state index contributed by atoms with van der Waals surface area (Å²) in [6, 6.07) is 3.45. The molecule has 0 aliphatic carbocycles. The van der Waals surface area contributed by atoms with Crippen molar-refractivity contribution < 1.29 is 14.7 Å². The van der Waals surface area contributed by atoms with E-state index in [1.807, 2.05) is 0 Å². The molecule has 1 aliphatic heterocycles. The SMILES string of the molecule is Cn1cccc1C(=O)NC(=O)CN1CCCC(CCO)C1. The predicted molar refractivity (Wildman–Crippen MR) is 78.8 cm³/mol. The number of imide groups is 1. The van der Waals surface area contributed by atoms with E-state index in [1.54, 1.807) is 29.9 Å². The molecule has 0 bridgehead atoms. The van der Waals surface area contributed by atoms with E-state index in [0.29, 0.717) is 11.6 Å². The number of aryl methyl sites for hydroxylation is 1. The molecular formula is C15H23N3O3. The van der Waals surface area contributed by atoms with Crippen LogP contribution in [0.2, 0.25) is 0 Å². The number of nitrogens with one attached hydrogen (secondary N) is 1. The van der Waals surface area contributed by atoms with Crippen LogP contribution in [0.4, 0.5) is 0 Å². The first-order valence-corrected chi connectivity index (χ1v) is 7.39. The highest BCUT2D eigenvalue weighted by Crippen LogP contribution is 2.18. The lowest BCUT2D eigenvalue weighted by Gasteiger charge is -2.31. The summed E-state index contributed by atoms with van der Waals surface area (Å²) in [5, 5.41) is 11.4. The van der Waals surface area contributed by atoms with Crippen LogP contribution in [0.25, 0.3) is 0 Å². The van der Waals surface area contributed by atoms with E-state index in [-0.39, 0.29) is 25.0 Å². The second-order valence-electron chi connectivity index (χ2n) is 5.64. The van der Waals surface area contributed by atoms with Gasteiger partial charge in [0, 0.05) is 26.4 Å². The number of piperidine rings is 1. The summed E-state index contributed by atoms with van der Waals surface area (Å²) >= 11 is 0. The molecule has 21 heavy (non-hydrogen) atoms. The Morgan fingerprint density at radius 1 is 1.48 bits per heavy atom. The number of aromatic nitrogens is 1. The third-order valence-corrected chi connectivity index (χ3v) is 3.94. The minimum atomic E-state index is -0.364. The first-order valence-electron chi connectivity index (χ1n) is 7.39. The van der Waals surface area contributed by atoms with Gasteiger partial charge < -0.3 is 9.67 Å². The zero-order valence-corrected chi connectivity index (χ0v) is 12.4. The van der Waals surface area contributed by atoms with Gasteiger partial charge in [-0.05, 0) is 43.9 Å². The van der Waals surface area contributed by atoms with Gasteiger partial charge in [-0.3, -0.25) is 19.8 Å². The van der Waals surface area contributed by atoms with E-state index in [0.717, 1.165) is 32.4 Å². The van der Waals surface area contributed by atoms with Crippen LogP contribution in [0.1, 0.15) is 29.8 Å². The Morgan fingerprint density at radius 2 is 2.29 bits per heavy atom. The van der Waals surface area contributed by atoms with Crippen molar-refractivity contribution in [1.29, 1.82) is 0 Å². The number of hydrogen-bond donors (Lipinski definition) is 2. The fraction of sp³-hybridized carbons (Fsp3) is 0.600. The number of aliphatic hydroxyl groups is 1. The van der Waals surface area contributed by atoms with Gasteiger partial charge in [0.25, 0.3) is 5.91 Å². The van der Waals surface area contributed by atoms with Crippen LogP contribution in [0.3, 0.4) is 0 Å². The molecule has 2 rings (SSSR count). The third-order valence-electron chi connectivity index (χ3n) is 3.94. The second-order valence-corrected chi connectivity index (χ2v) is 5.64. The van der Waals surface area contributed by atoms with Crippen LogP contribution < -0.4 is 5.32 Å². The number of nitrogens with zero attached hydrogens (tertiary/aromatic N) is 2. The van der Waals surface area contributed by atoms with Gasteiger partial charge >= 0.3 is 0 Å². The van der Waals surface area contributed by atoms with Crippen molar-refractivity contribution in [2.24, 2.45) is 13.0 Å². The molecule has 0 radical (unpaired) electrons. The lowest BCUT2D eigenvalue weighted by Crippen LogP contribution is -2.44. The summed E-state index contributed by atoms with van der Waals surface area (Å²) < 4.78 is 1.68. The van der Waals surface area contributed by atoms with Crippen molar-refractivity contribution in [2.45, 2.75) is 19.3 Å². The molecule has 1 atom stereocenters. The first kappa shape index (κ1) is 15.7. The van der Waals surface area contributed by atoms with Gasteiger partial charge in [-0.2, -0.15) is 0 Å². The summed E-state index contributed by atoms with van der Waals surface area (Å²) in [4.78, 5) is 26.0. The molecule has 0 saturated carbocycles.